The smallest absolute Gasteiger partial charge is 0.306 e. The number of nitrogens with two attached hydrogens (primary N) is 1. The molecule has 2 aromatic rings. The van der Waals surface area contributed by atoms with Crippen molar-refractivity contribution in [2.75, 3.05) is 17.2 Å². The van der Waals surface area contributed by atoms with Crippen LogP contribution in [0.4, 0.5) is 0 Å². The first-order valence-corrected chi connectivity index (χ1v) is 13.0. The average molecular weight is 556 g/mol. The summed E-state index contributed by atoms with van der Waals surface area (Å²) in [5.41, 5.74) is 7.59. The van der Waals surface area contributed by atoms with E-state index in [1.807, 2.05) is 5.38 Å². The molecule has 0 fully saturated rings. The van der Waals surface area contributed by atoms with Crippen molar-refractivity contribution in [3.8, 4) is 5.75 Å². The molecule has 1 aliphatic heterocycles. The van der Waals surface area contributed by atoms with E-state index >= 15 is 0 Å². The van der Waals surface area contributed by atoms with E-state index in [1.165, 1.54) is 0 Å². The molecule has 3 rings (SSSR count). The van der Waals surface area contributed by atoms with Gasteiger partial charge in [0.2, 0.25) is 0 Å². The van der Waals surface area contributed by atoms with E-state index in [2.05, 4.69) is 27.7 Å². The van der Waals surface area contributed by atoms with E-state index in [0.29, 0.717) is 35.2 Å². The van der Waals surface area contributed by atoms with Gasteiger partial charge in [-0.3, -0.25) is 0 Å². The number of halogens is 2. The van der Waals surface area contributed by atoms with Crippen molar-refractivity contribution in [2.45, 2.75) is 24.9 Å². The highest BCUT2D eigenvalue weighted by Gasteiger charge is 2.31. The molecular formula is C17H19ClIN3O4S2. The summed E-state index contributed by atoms with van der Waals surface area (Å²) in [6, 6.07) is 4.83. The quantitative estimate of drug-likeness (QED) is 0.301. The van der Waals surface area contributed by atoms with E-state index in [9.17, 15) is 8.42 Å². The first-order chi connectivity index (χ1) is 13.3. The third-order valence-electron chi connectivity index (χ3n) is 4.11. The van der Waals surface area contributed by atoms with E-state index in [1.54, 1.807) is 29.5 Å². The Kier molecular flexibility index (Phi) is 7.18. The lowest BCUT2D eigenvalue weighted by Crippen LogP contribution is -2.11. The molecule has 2 atom stereocenters. The number of oxime groups is 1. The molecule has 0 aliphatic carbocycles. The SMILES string of the molecule is CS(=O)(=O)Oc1cccc(Cl)c1C1CC(c2csc(C(CI)CCN)n2)=NO1. The highest BCUT2D eigenvalue weighted by molar-refractivity contribution is 14.1. The maximum atomic E-state index is 11.6. The fraction of sp³-hybridized carbons (Fsp3) is 0.412. The molecule has 152 valence electrons. The molecule has 0 amide bonds. The summed E-state index contributed by atoms with van der Waals surface area (Å²) >= 11 is 10.2. The predicted octanol–water partition coefficient (Wildman–Crippen LogP) is 3.87. The Morgan fingerprint density at radius 3 is 2.96 bits per heavy atom. The molecule has 0 spiro atoms. The molecule has 1 aliphatic rings. The molecule has 2 heterocycles. The minimum absolute atomic E-state index is 0.142. The van der Waals surface area contributed by atoms with Gasteiger partial charge in [0.15, 0.2) is 11.9 Å². The van der Waals surface area contributed by atoms with Crippen molar-refractivity contribution in [3.05, 3.63) is 44.9 Å². The van der Waals surface area contributed by atoms with Gasteiger partial charge in [-0.05, 0) is 25.1 Å². The minimum atomic E-state index is -3.70. The largest absolute Gasteiger partial charge is 0.387 e. The second-order valence-corrected chi connectivity index (χ2v) is 10.0. The van der Waals surface area contributed by atoms with Gasteiger partial charge >= 0.3 is 10.1 Å². The van der Waals surface area contributed by atoms with E-state index in [4.69, 9.17) is 31.3 Å². The van der Waals surface area contributed by atoms with Crippen LogP contribution in [-0.2, 0) is 15.0 Å². The van der Waals surface area contributed by atoms with Crippen molar-refractivity contribution in [1.29, 1.82) is 0 Å². The van der Waals surface area contributed by atoms with Gasteiger partial charge in [-0.1, -0.05) is 45.4 Å². The van der Waals surface area contributed by atoms with Gasteiger partial charge in [0.05, 0.1) is 27.5 Å². The Bertz CT molecular complexity index is 981. The van der Waals surface area contributed by atoms with Crippen molar-refractivity contribution >= 4 is 61.4 Å². The van der Waals surface area contributed by atoms with E-state index in [-0.39, 0.29) is 5.75 Å². The van der Waals surface area contributed by atoms with Crippen LogP contribution in [0.25, 0.3) is 0 Å². The second kappa shape index (κ2) is 9.24. The Morgan fingerprint density at radius 1 is 1.50 bits per heavy atom. The third kappa shape index (κ3) is 5.15. The fourth-order valence-electron chi connectivity index (χ4n) is 2.82. The first kappa shape index (κ1) is 21.8. The number of benzene rings is 1. The molecule has 2 N–H and O–H groups in total. The van der Waals surface area contributed by atoms with Crippen molar-refractivity contribution in [2.24, 2.45) is 10.9 Å². The van der Waals surface area contributed by atoms with Crippen LogP contribution in [0.1, 0.15) is 41.1 Å². The van der Waals surface area contributed by atoms with Crippen molar-refractivity contribution in [3.63, 3.8) is 0 Å². The molecule has 2 unspecified atom stereocenters. The second-order valence-electron chi connectivity index (χ2n) is 6.27. The Labute approximate surface area is 186 Å². The van der Waals surface area contributed by atoms with Gasteiger partial charge < -0.3 is 14.8 Å². The van der Waals surface area contributed by atoms with Gasteiger partial charge in [-0.15, -0.1) is 11.3 Å². The zero-order valence-corrected chi connectivity index (χ0v) is 19.5. The monoisotopic (exact) mass is 555 g/mol. The van der Waals surface area contributed by atoms with Crippen LogP contribution in [0.15, 0.2) is 28.7 Å². The topological polar surface area (TPSA) is 104 Å². The lowest BCUT2D eigenvalue weighted by molar-refractivity contribution is 0.0846. The van der Waals surface area contributed by atoms with Gasteiger partial charge in [0, 0.05) is 22.1 Å². The number of hydrogen-bond acceptors (Lipinski definition) is 8. The van der Waals surface area contributed by atoms with Crippen LogP contribution in [0.3, 0.4) is 0 Å². The Morgan fingerprint density at radius 2 is 2.29 bits per heavy atom. The fourth-order valence-corrected chi connectivity index (χ4v) is 5.71. The molecule has 1 aromatic carbocycles. The summed E-state index contributed by atoms with van der Waals surface area (Å²) in [7, 11) is -3.70. The van der Waals surface area contributed by atoms with Crippen LogP contribution in [0.5, 0.6) is 5.75 Å². The van der Waals surface area contributed by atoms with Crippen LogP contribution < -0.4 is 9.92 Å². The summed E-state index contributed by atoms with van der Waals surface area (Å²) < 4.78 is 29.1. The lowest BCUT2D eigenvalue weighted by Gasteiger charge is -2.15. The summed E-state index contributed by atoms with van der Waals surface area (Å²) in [5, 5.41) is 7.50. The van der Waals surface area contributed by atoms with Gasteiger partial charge in [-0.25, -0.2) is 4.98 Å². The molecule has 0 saturated heterocycles. The molecule has 1 aromatic heterocycles. The van der Waals surface area contributed by atoms with Crippen LogP contribution in [0, 0.1) is 0 Å². The number of aromatic nitrogens is 1. The van der Waals surface area contributed by atoms with Gasteiger partial charge in [0.25, 0.3) is 0 Å². The van der Waals surface area contributed by atoms with Gasteiger partial charge in [-0.2, -0.15) is 8.42 Å². The van der Waals surface area contributed by atoms with Crippen LogP contribution >= 0.6 is 45.5 Å². The molecule has 0 bridgehead atoms. The summed E-state index contributed by atoms with van der Waals surface area (Å²) in [4.78, 5) is 10.3. The average Bonchev–Trinajstić information content (AvgIpc) is 3.27. The predicted molar refractivity (Wildman–Crippen MR) is 119 cm³/mol. The summed E-state index contributed by atoms with van der Waals surface area (Å²) in [6.07, 6.45) is 1.73. The Balaban J connectivity index is 1.80. The molecule has 11 heteroatoms. The zero-order chi connectivity index (χ0) is 20.3. The maximum absolute atomic E-state index is 11.6. The van der Waals surface area contributed by atoms with Gasteiger partial charge in [0.1, 0.15) is 5.71 Å². The van der Waals surface area contributed by atoms with E-state index < -0.39 is 16.2 Å². The number of nitrogens with zero attached hydrogens (tertiary/aromatic N) is 2. The molecule has 28 heavy (non-hydrogen) atoms. The minimum Gasteiger partial charge on any atom is -0.387 e. The van der Waals surface area contributed by atoms with Crippen LogP contribution in [0.2, 0.25) is 5.02 Å². The van der Waals surface area contributed by atoms with Crippen molar-refractivity contribution in [1.82, 2.24) is 4.98 Å². The number of alkyl halides is 1. The molecular weight excluding hydrogens is 537 g/mol. The maximum Gasteiger partial charge on any atom is 0.306 e. The third-order valence-corrected chi connectivity index (χ3v) is 7.00. The summed E-state index contributed by atoms with van der Waals surface area (Å²) in [6.45, 7) is 0.615. The van der Waals surface area contributed by atoms with Crippen molar-refractivity contribution < 1.29 is 17.4 Å². The van der Waals surface area contributed by atoms with Crippen LogP contribution in [-0.4, -0.2) is 36.3 Å². The number of thiazole rings is 1. The number of rotatable bonds is 8. The first-order valence-electron chi connectivity index (χ1n) is 8.44. The zero-order valence-electron chi connectivity index (χ0n) is 15.0. The standard InChI is InChI=1S/C17H19ClIN3O4S2/c1-28(23,24)26-14-4-2-3-11(18)16(14)15-7-12(22-25-15)13-9-27-17(21-13)10(8-19)5-6-20/h2-4,9-10,15H,5-8,20H2,1H3. The Hall–Kier alpha value is -0.950. The lowest BCUT2D eigenvalue weighted by atomic mass is 10.0. The highest BCUT2D eigenvalue weighted by Crippen LogP contribution is 2.40. The molecule has 0 radical (unpaired) electrons. The van der Waals surface area contributed by atoms with E-state index in [0.717, 1.165) is 27.8 Å². The highest BCUT2D eigenvalue weighted by atomic mass is 127. The summed E-state index contributed by atoms with van der Waals surface area (Å²) in [5.74, 6) is 0.463. The number of hydrogen-bond donors (Lipinski definition) is 1. The molecule has 0 saturated carbocycles. The molecule has 7 nitrogen and oxygen atoms in total. The normalized spacial score (nSPS) is 17.9.